The molecule has 1 aromatic carbocycles. The van der Waals surface area contributed by atoms with E-state index in [-0.39, 0.29) is 24.8 Å². The maximum atomic E-state index is 13.1. The van der Waals surface area contributed by atoms with Crippen molar-refractivity contribution < 1.29 is 14.3 Å². The van der Waals surface area contributed by atoms with Crippen molar-refractivity contribution in [3.8, 4) is 0 Å². The van der Waals surface area contributed by atoms with Crippen LogP contribution in [0.25, 0.3) is 0 Å². The van der Waals surface area contributed by atoms with E-state index in [9.17, 15) is 14.3 Å². The highest BCUT2D eigenvalue weighted by atomic mass is 19.1. The Hall–Kier alpha value is -2.31. The minimum atomic E-state index is -0.791. The number of nitrogens with zero attached hydrogens (tertiary/aromatic N) is 2. The Morgan fingerprint density at radius 1 is 1.33 bits per heavy atom. The normalized spacial score (nSPS) is 12.2. The van der Waals surface area contributed by atoms with Crippen LogP contribution in [0.3, 0.4) is 0 Å². The number of benzene rings is 1. The second-order valence-corrected chi connectivity index (χ2v) is 5.98. The van der Waals surface area contributed by atoms with Crippen molar-refractivity contribution in [2.45, 2.75) is 20.0 Å². The number of halogens is 1. The fourth-order valence-corrected chi connectivity index (χ4v) is 2.44. The Labute approximate surface area is 141 Å². The summed E-state index contributed by atoms with van der Waals surface area (Å²) in [6.45, 7) is 4.05. The van der Waals surface area contributed by atoms with Gasteiger partial charge >= 0.3 is 0 Å². The van der Waals surface area contributed by atoms with Crippen molar-refractivity contribution in [1.82, 2.24) is 9.88 Å². The Morgan fingerprint density at radius 2 is 2.08 bits per heavy atom. The van der Waals surface area contributed by atoms with E-state index >= 15 is 0 Å². The average Bonchev–Trinajstić information content (AvgIpc) is 2.49. The smallest absolute Gasteiger partial charge is 0.239 e. The number of amides is 1. The number of carbonyl (C=O) groups is 1. The molecule has 0 saturated heterocycles. The zero-order valence-corrected chi connectivity index (χ0v) is 14.1. The molecule has 24 heavy (non-hydrogen) atoms. The van der Waals surface area contributed by atoms with Gasteiger partial charge < -0.3 is 10.4 Å². The van der Waals surface area contributed by atoms with E-state index in [0.717, 1.165) is 5.56 Å². The summed E-state index contributed by atoms with van der Waals surface area (Å²) in [5, 5.41) is 13.0. The largest absolute Gasteiger partial charge is 0.387 e. The summed E-state index contributed by atoms with van der Waals surface area (Å²) in [6, 6.07) is 7.88. The minimum Gasteiger partial charge on any atom is -0.387 e. The number of nitrogens with one attached hydrogen (secondary N) is 1. The molecule has 0 spiro atoms. The maximum Gasteiger partial charge on any atom is 0.239 e. The zero-order chi connectivity index (χ0) is 17.7. The average molecular weight is 331 g/mol. The van der Waals surface area contributed by atoms with E-state index in [1.54, 1.807) is 37.2 Å². The van der Waals surface area contributed by atoms with Gasteiger partial charge in [0.1, 0.15) is 11.6 Å². The van der Waals surface area contributed by atoms with Gasteiger partial charge in [-0.2, -0.15) is 0 Å². The molecule has 2 rings (SSSR count). The molecule has 2 N–H and O–H groups in total. The SMILES string of the molecule is Cc1ccc(NC(=O)CN(C)CC(O)c2ccc(F)cc2C)nc1. The van der Waals surface area contributed by atoms with Crippen LogP contribution in [-0.2, 0) is 4.79 Å². The second-order valence-electron chi connectivity index (χ2n) is 5.98. The van der Waals surface area contributed by atoms with Crippen molar-refractivity contribution in [3.05, 3.63) is 59.0 Å². The number of anilines is 1. The van der Waals surface area contributed by atoms with Gasteiger partial charge in [0.05, 0.1) is 12.6 Å². The molecule has 6 heteroatoms. The molecule has 0 radical (unpaired) electrons. The minimum absolute atomic E-state index is 0.118. The summed E-state index contributed by atoms with van der Waals surface area (Å²) in [7, 11) is 1.74. The molecule has 0 bridgehead atoms. The Kier molecular flexibility index (Phi) is 6.00. The van der Waals surface area contributed by atoms with Gasteiger partial charge in [-0.3, -0.25) is 9.69 Å². The number of likely N-dealkylation sites (N-methyl/N-ethyl adjacent to an activating group) is 1. The lowest BCUT2D eigenvalue weighted by molar-refractivity contribution is -0.117. The van der Waals surface area contributed by atoms with E-state index in [0.29, 0.717) is 16.9 Å². The maximum absolute atomic E-state index is 13.1. The number of rotatable bonds is 6. The number of hydrogen-bond acceptors (Lipinski definition) is 4. The first kappa shape index (κ1) is 18.0. The summed E-state index contributed by atoms with van der Waals surface area (Å²) in [5.74, 6) is -0.0485. The molecule has 1 aromatic heterocycles. The first-order valence-electron chi connectivity index (χ1n) is 7.70. The molecule has 0 aliphatic heterocycles. The van der Waals surface area contributed by atoms with Gasteiger partial charge in [-0.15, -0.1) is 0 Å². The number of hydrogen-bond donors (Lipinski definition) is 2. The Balaban J connectivity index is 1.88. The van der Waals surface area contributed by atoms with E-state index < -0.39 is 6.10 Å². The van der Waals surface area contributed by atoms with E-state index in [4.69, 9.17) is 0 Å². The Bertz CT molecular complexity index is 704. The highest BCUT2D eigenvalue weighted by Gasteiger charge is 2.15. The van der Waals surface area contributed by atoms with Crippen molar-refractivity contribution >= 4 is 11.7 Å². The quantitative estimate of drug-likeness (QED) is 0.853. The molecule has 0 aliphatic carbocycles. The lowest BCUT2D eigenvalue weighted by Gasteiger charge is -2.21. The molecular weight excluding hydrogens is 309 g/mol. The fraction of sp³-hybridized carbons (Fsp3) is 0.333. The fourth-order valence-electron chi connectivity index (χ4n) is 2.44. The molecule has 5 nitrogen and oxygen atoms in total. The Morgan fingerprint density at radius 3 is 2.71 bits per heavy atom. The lowest BCUT2D eigenvalue weighted by Crippen LogP contribution is -2.33. The van der Waals surface area contributed by atoms with Crippen molar-refractivity contribution in [2.24, 2.45) is 0 Å². The second kappa shape index (κ2) is 7.99. The van der Waals surface area contributed by atoms with Crippen LogP contribution < -0.4 is 5.32 Å². The van der Waals surface area contributed by atoms with Gasteiger partial charge in [0.25, 0.3) is 0 Å². The van der Waals surface area contributed by atoms with Crippen LogP contribution >= 0.6 is 0 Å². The van der Waals surface area contributed by atoms with Crippen LogP contribution in [0, 0.1) is 19.7 Å². The number of aromatic nitrogens is 1. The van der Waals surface area contributed by atoms with Gasteiger partial charge in [0.2, 0.25) is 5.91 Å². The lowest BCUT2D eigenvalue weighted by atomic mass is 10.0. The van der Waals surface area contributed by atoms with Crippen LogP contribution in [0.1, 0.15) is 22.8 Å². The van der Waals surface area contributed by atoms with Gasteiger partial charge in [0, 0.05) is 12.7 Å². The summed E-state index contributed by atoms with van der Waals surface area (Å²) < 4.78 is 13.1. The van der Waals surface area contributed by atoms with Crippen LogP contribution in [0.2, 0.25) is 0 Å². The third-order valence-corrected chi connectivity index (χ3v) is 3.67. The molecule has 1 amide bonds. The van der Waals surface area contributed by atoms with Gasteiger partial charge in [-0.25, -0.2) is 9.37 Å². The predicted octanol–water partition coefficient (Wildman–Crippen LogP) is 2.44. The van der Waals surface area contributed by atoms with Gasteiger partial charge in [-0.1, -0.05) is 12.1 Å². The molecule has 0 saturated carbocycles. The van der Waals surface area contributed by atoms with Gasteiger partial charge in [0.15, 0.2) is 0 Å². The summed E-state index contributed by atoms with van der Waals surface area (Å²) in [5.41, 5.74) is 2.36. The van der Waals surface area contributed by atoms with E-state index in [1.807, 2.05) is 13.0 Å². The molecule has 2 aromatic rings. The molecule has 1 atom stereocenters. The highest BCUT2D eigenvalue weighted by Crippen LogP contribution is 2.19. The third-order valence-electron chi connectivity index (χ3n) is 3.67. The van der Waals surface area contributed by atoms with Crippen molar-refractivity contribution in [3.63, 3.8) is 0 Å². The van der Waals surface area contributed by atoms with Crippen LogP contribution in [0.15, 0.2) is 36.5 Å². The van der Waals surface area contributed by atoms with E-state index in [1.165, 1.54) is 12.1 Å². The number of aliphatic hydroxyl groups excluding tert-OH is 1. The molecule has 128 valence electrons. The monoisotopic (exact) mass is 331 g/mol. The number of pyridine rings is 1. The zero-order valence-electron chi connectivity index (χ0n) is 14.1. The predicted molar refractivity (Wildman–Crippen MR) is 91.2 cm³/mol. The van der Waals surface area contributed by atoms with E-state index in [2.05, 4.69) is 10.3 Å². The number of aryl methyl sites for hydroxylation is 2. The topological polar surface area (TPSA) is 65.5 Å². The highest BCUT2D eigenvalue weighted by molar-refractivity contribution is 5.91. The first-order valence-corrected chi connectivity index (χ1v) is 7.70. The summed E-state index contributed by atoms with van der Waals surface area (Å²) >= 11 is 0. The summed E-state index contributed by atoms with van der Waals surface area (Å²) in [4.78, 5) is 17.8. The standard InChI is InChI=1S/C18H22FN3O2/c1-12-4-7-17(20-9-12)21-18(24)11-22(3)10-16(23)15-6-5-14(19)8-13(15)2/h4-9,16,23H,10-11H2,1-3H3,(H,20,21,24). The van der Waals surface area contributed by atoms with Crippen LogP contribution in [0.4, 0.5) is 10.2 Å². The first-order chi connectivity index (χ1) is 11.3. The molecule has 0 aliphatic rings. The van der Waals surface area contributed by atoms with Gasteiger partial charge in [-0.05, 0) is 55.8 Å². The number of aliphatic hydroxyl groups is 1. The molecular formula is C18H22FN3O2. The number of carbonyl (C=O) groups excluding carboxylic acids is 1. The summed E-state index contributed by atoms with van der Waals surface area (Å²) in [6.07, 6.45) is 0.890. The molecule has 1 heterocycles. The van der Waals surface area contributed by atoms with Crippen molar-refractivity contribution in [2.75, 3.05) is 25.5 Å². The van der Waals surface area contributed by atoms with Crippen molar-refractivity contribution in [1.29, 1.82) is 0 Å². The third kappa shape index (κ3) is 5.11. The van der Waals surface area contributed by atoms with Crippen LogP contribution in [-0.4, -0.2) is 41.0 Å². The van der Waals surface area contributed by atoms with Crippen LogP contribution in [0.5, 0.6) is 0 Å². The molecule has 1 unspecified atom stereocenters. The molecule has 0 fully saturated rings.